The summed E-state index contributed by atoms with van der Waals surface area (Å²) in [6.45, 7) is 10.6. The van der Waals surface area contributed by atoms with Crippen LogP contribution < -0.4 is 0 Å². The van der Waals surface area contributed by atoms with Crippen molar-refractivity contribution in [3.63, 3.8) is 0 Å². The van der Waals surface area contributed by atoms with E-state index in [0.29, 0.717) is 11.3 Å². The van der Waals surface area contributed by atoms with Crippen molar-refractivity contribution in [2.24, 2.45) is 0 Å². The molecule has 2 aromatic carbocycles. The number of rotatable bonds is 8. The zero-order valence-corrected chi connectivity index (χ0v) is 20.5. The Kier molecular flexibility index (Phi) is 7.92. The van der Waals surface area contributed by atoms with Crippen molar-refractivity contribution in [3.8, 4) is 0 Å². The van der Waals surface area contributed by atoms with Crippen LogP contribution in [0, 0.1) is 5.82 Å². The molecule has 34 heavy (non-hydrogen) atoms. The van der Waals surface area contributed by atoms with Gasteiger partial charge in [-0.05, 0) is 66.8 Å². The molecular formula is C28H33FN2O3. The number of hydrogen-bond acceptors (Lipinski definition) is 3. The average Bonchev–Trinajstić information content (AvgIpc) is 3.30. The van der Waals surface area contributed by atoms with Crippen LogP contribution in [0.1, 0.15) is 61.9 Å². The molecule has 0 N–H and O–H groups in total. The van der Waals surface area contributed by atoms with Crippen molar-refractivity contribution in [3.05, 3.63) is 95.2 Å². The summed E-state index contributed by atoms with van der Waals surface area (Å²) in [5, 5.41) is 0. The molecule has 1 heterocycles. The number of halogens is 1. The molecule has 0 aliphatic rings. The van der Waals surface area contributed by atoms with Gasteiger partial charge >= 0.3 is 0 Å². The first kappa shape index (κ1) is 25.2. The third-order valence-corrected chi connectivity index (χ3v) is 5.75. The molecule has 0 atom stereocenters. The van der Waals surface area contributed by atoms with Gasteiger partial charge in [-0.25, -0.2) is 4.39 Å². The van der Waals surface area contributed by atoms with Crippen LogP contribution >= 0.6 is 0 Å². The van der Waals surface area contributed by atoms with Crippen LogP contribution in [0.3, 0.4) is 0 Å². The number of furan rings is 1. The van der Waals surface area contributed by atoms with E-state index < -0.39 is 0 Å². The molecule has 2 amide bonds. The van der Waals surface area contributed by atoms with Crippen LogP contribution in [-0.2, 0) is 23.3 Å². The van der Waals surface area contributed by atoms with Gasteiger partial charge < -0.3 is 14.2 Å². The fourth-order valence-electron chi connectivity index (χ4n) is 3.65. The number of benzene rings is 2. The smallest absolute Gasteiger partial charge is 0.254 e. The van der Waals surface area contributed by atoms with E-state index in [9.17, 15) is 14.0 Å². The number of amides is 2. The van der Waals surface area contributed by atoms with Crippen molar-refractivity contribution in [1.29, 1.82) is 0 Å². The molecule has 0 unspecified atom stereocenters. The minimum atomic E-state index is -0.332. The Morgan fingerprint density at radius 1 is 0.941 bits per heavy atom. The Balaban J connectivity index is 1.79. The lowest BCUT2D eigenvalue weighted by Gasteiger charge is -2.30. The third-order valence-electron chi connectivity index (χ3n) is 5.75. The van der Waals surface area contributed by atoms with E-state index >= 15 is 0 Å². The lowest BCUT2D eigenvalue weighted by Crippen LogP contribution is -2.45. The second-order valence-corrected chi connectivity index (χ2v) is 9.81. The van der Waals surface area contributed by atoms with Crippen LogP contribution in [0.2, 0.25) is 0 Å². The highest BCUT2D eigenvalue weighted by Crippen LogP contribution is 2.23. The van der Waals surface area contributed by atoms with Crippen LogP contribution in [0.25, 0.3) is 0 Å². The molecular weight excluding hydrogens is 431 g/mol. The maximum atomic E-state index is 13.4. The Labute approximate surface area is 201 Å². The summed E-state index contributed by atoms with van der Waals surface area (Å²) >= 11 is 0. The Hall–Kier alpha value is -3.41. The van der Waals surface area contributed by atoms with Gasteiger partial charge in [-0.1, -0.05) is 45.0 Å². The zero-order chi connectivity index (χ0) is 24.9. The molecule has 0 spiro atoms. The van der Waals surface area contributed by atoms with Crippen molar-refractivity contribution in [1.82, 2.24) is 9.80 Å². The topological polar surface area (TPSA) is 53.8 Å². The van der Waals surface area contributed by atoms with Crippen LogP contribution in [0.15, 0.2) is 71.3 Å². The largest absolute Gasteiger partial charge is 0.467 e. The fourth-order valence-corrected chi connectivity index (χ4v) is 3.65. The SMILES string of the molecule is CC(C)N(CC(=O)N(Cc1ccc(F)cc1)Cc1ccco1)C(=O)c1ccc(C(C)(C)C)cc1. The minimum Gasteiger partial charge on any atom is -0.467 e. The van der Waals surface area contributed by atoms with E-state index in [4.69, 9.17) is 4.42 Å². The molecule has 0 aliphatic heterocycles. The van der Waals surface area contributed by atoms with E-state index in [1.807, 2.05) is 38.1 Å². The summed E-state index contributed by atoms with van der Waals surface area (Å²) in [5.41, 5.74) is 2.47. The van der Waals surface area contributed by atoms with Gasteiger partial charge in [0, 0.05) is 18.2 Å². The summed E-state index contributed by atoms with van der Waals surface area (Å²) in [7, 11) is 0. The molecule has 0 fully saturated rings. The molecule has 0 saturated carbocycles. The van der Waals surface area contributed by atoms with E-state index in [-0.39, 0.29) is 48.7 Å². The highest BCUT2D eigenvalue weighted by atomic mass is 19.1. The number of carbonyl (C=O) groups is 2. The monoisotopic (exact) mass is 464 g/mol. The molecule has 180 valence electrons. The third kappa shape index (κ3) is 6.56. The molecule has 0 bridgehead atoms. The molecule has 0 radical (unpaired) electrons. The number of hydrogen-bond donors (Lipinski definition) is 0. The molecule has 3 aromatic rings. The predicted octanol–water partition coefficient (Wildman–Crippen LogP) is 5.80. The van der Waals surface area contributed by atoms with E-state index in [1.54, 1.807) is 40.3 Å². The maximum Gasteiger partial charge on any atom is 0.254 e. The molecule has 6 heteroatoms. The highest BCUT2D eigenvalue weighted by Gasteiger charge is 2.25. The van der Waals surface area contributed by atoms with Gasteiger partial charge in [-0.3, -0.25) is 9.59 Å². The number of nitrogens with zero attached hydrogens (tertiary/aromatic N) is 2. The second-order valence-electron chi connectivity index (χ2n) is 9.81. The van der Waals surface area contributed by atoms with Gasteiger partial charge in [0.25, 0.3) is 5.91 Å². The predicted molar refractivity (Wildman–Crippen MR) is 131 cm³/mol. The standard InChI is InChI=1S/C28H33FN2O3/c1-20(2)31(27(33)22-10-12-23(13-11-22)28(3,4)5)19-26(32)30(18-25-7-6-16-34-25)17-21-8-14-24(29)15-9-21/h6-16,20H,17-19H2,1-5H3. The van der Waals surface area contributed by atoms with Crippen molar-refractivity contribution in [2.75, 3.05) is 6.54 Å². The summed E-state index contributed by atoms with van der Waals surface area (Å²) < 4.78 is 18.8. The molecule has 5 nitrogen and oxygen atoms in total. The van der Waals surface area contributed by atoms with Crippen molar-refractivity contribution < 1.29 is 18.4 Å². The Morgan fingerprint density at radius 2 is 1.59 bits per heavy atom. The lowest BCUT2D eigenvalue weighted by atomic mass is 9.86. The summed E-state index contributed by atoms with van der Waals surface area (Å²) in [6.07, 6.45) is 1.56. The Bertz CT molecular complexity index is 1080. The summed E-state index contributed by atoms with van der Waals surface area (Å²) in [4.78, 5) is 29.9. The molecule has 3 rings (SSSR count). The maximum absolute atomic E-state index is 13.4. The van der Waals surface area contributed by atoms with Crippen molar-refractivity contribution >= 4 is 11.8 Å². The quantitative estimate of drug-likeness (QED) is 0.424. The van der Waals surface area contributed by atoms with Gasteiger partial charge in [0.1, 0.15) is 18.1 Å². The Morgan fingerprint density at radius 3 is 2.12 bits per heavy atom. The minimum absolute atomic E-state index is 0.0119. The zero-order valence-electron chi connectivity index (χ0n) is 20.5. The first-order chi connectivity index (χ1) is 16.0. The van der Waals surface area contributed by atoms with Crippen molar-refractivity contribution in [2.45, 2.75) is 59.2 Å². The van der Waals surface area contributed by atoms with Crippen LogP contribution in [-0.4, -0.2) is 34.2 Å². The van der Waals surface area contributed by atoms with Gasteiger partial charge in [0.15, 0.2) is 0 Å². The van der Waals surface area contributed by atoms with E-state index in [2.05, 4.69) is 20.8 Å². The second kappa shape index (κ2) is 10.7. The number of carbonyl (C=O) groups excluding carboxylic acids is 2. The average molecular weight is 465 g/mol. The first-order valence-electron chi connectivity index (χ1n) is 11.5. The highest BCUT2D eigenvalue weighted by molar-refractivity contribution is 5.96. The normalized spacial score (nSPS) is 11.5. The fraction of sp³-hybridized carbons (Fsp3) is 0.357. The molecule has 0 saturated heterocycles. The van der Waals surface area contributed by atoms with Gasteiger partial charge in [0.05, 0.1) is 12.8 Å². The van der Waals surface area contributed by atoms with Crippen LogP contribution in [0.4, 0.5) is 4.39 Å². The van der Waals surface area contributed by atoms with E-state index in [0.717, 1.165) is 11.1 Å². The first-order valence-corrected chi connectivity index (χ1v) is 11.5. The van der Waals surface area contributed by atoms with Gasteiger partial charge in [-0.15, -0.1) is 0 Å². The van der Waals surface area contributed by atoms with E-state index in [1.165, 1.54) is 12.1 Å². The van der Waals surface area contributed by atoms with Crippen LogP contribution in [0.5, 0.6) is 0 Å². The molecule has 0 aliphatic carbocycles. The summed E-state index contributed by atoms with van der Waals surface area (Å²) in [6, 6.07) is 17.0. The van der Waals surface area contributed by atoms with Gasteiger partial charge in [-0.2, -0.15) is 0 Å². The lowest BCUT2D eigenvalue weighted by molar-refractivity contribution is -0.133. The molecule has 1 aromatic heterocycles. The summed E-state index contributed by atoms with van der Waals surface area (Å²) in [5.74, 6) is -0.102. The van der Waals surface area contributed by atoms with Gasteiger partial charge in [0.2, 0.25) is 5.91 Å².